The molecular formula is C22H24ClN3O3S. The van der Waals surface area contributed by atoms with Gasteiger partial charge in [0.15, 0.2) is 10.9 Å². The lowest BCUT2D eigenvalue weighted by Crippen LogP contribution is -2.48. The Morgan fingerprint density at radius 1 is 1.10 bits per heavy atom. The summed E-state index contributed by atoms with van der Waals surface area (Å²) in [7, 11) is 1.60. The number of anilines is 1. The van der Waals surface area contributed by atoms with Crippen LogP contribution in [0.4, 0.5) is 5.13 Å². The van der Waals surface area contributed by atoms with Gasteiger partial charge in [-0.15, -0.1) is 0 Å². The molecule has 1 aliphatic heterocycles. The molecule has 3 aromatic rings. The van der Waals surface area contributed by atoms with E-state index in [2.05, 4.69) is 4.90 Å². The van der Waals surface area contributed by atoms with Gasteiger partial charge in [0.1, 0.15) is 11.3 Å². The minimum absolute atomic E-state index is 0.0449. The third-order valence-corrected chi connectivity index (χ3v) is 6.35. The summed E-state index contributed by atoms with van der Waals surface area (Å²) in [5, 5.41) is 1.48. The molecule has 8 heteroatoms. The Balaban J connectivity index is 1.42. The van der Waals surface area contributed by atoms with Gasteiger partial charge in [-0.2, -0.15) is 0 Å². The van der Waals surface area contributed by atoms with Gasteiger partial charge < -0.3 is 19.3 Å². The Hall–Kier alpha value is -2.51. The van der Waals surface area contributed by atoms with Crippen LogP contribution in [0.15, 0.2) is 36.4 Å². The summed E-state index contributed by atoms with van der Waals surface area (Å²) >= 11 is 7.83. The number of carbonyl (C=O) groups is 1. The van der Waals surface area contributed by atoms with Gasteiger partial charge in [-0.25, -0.2) is 4.98 Å². The molecule has 1 amide bonds. The second-order valence-corrected chi connectivity index (χ2v) is 8.81. The van der Waals surface area contributed by atoms with Gasteiger partial charge in [0.25, 0.3) is 5.91 Å². The van der Waals surface area contributed by atoms with Gasteiger partial charge in [-0.05, 0) is 50.2 Å². The molecule has 0 unspecified atom stereocenters. The Kier molecular flexibility index (Phi) is 6.01. The number of hydrogen-bond donors (Lipinski definition) is 0. The Morgan fingerprint density at radius 2 is 1.80 bits per heavy atom. The Morgan fingerprint density at radius 3 is 2.43 bits per heavy atom. The third-order valence-electron chi connectivity index (χ3n) is 4.97. The summed E-state index contributed by atoms with van der Waals surface area (Å²) in [6.07, 6.45) is 0.109. The molecule has 0 bridgehead atoms. The first-order valence-electron chi connectivity index (χ1n) is 9.90. The van der Waals surface area contributed by atoms with E-state index in [0.29, 0.717) is 29.4 Å². The van der Waals surface area contributed by atoms with Crippen molar-refractivity contribution in [2.45, 2.75) is 20.0 Å². The molecular weight excluding hydrogens is 422 g/mol. The van der Waals surface area contributed by atoms with Gasteiger partial charge in [0.2, 0.25) is 0 Å². The minimum Gasteiger partial charge on any atom is -0.493 e. The maximum absolute atomic E-state index is 12.9. The topological polar surface area (TPSA) is 54.9 Å². The molecule has 30 heavy (non-hydrogen) atoms. The zero-order chi connectivity index (χ0) is 21.3. The number of amides is 1. The number of aromatic nitrogens is 1. The van der Waals surface area contributed by atoms with Crippen LogP contribution in [0.3, 0.4) is 0 Å². The van der Waals surface area contributed by atoms with Gasteiger partial charge >= 0.3 is 0 Å². The van der Waals surface area contributed by atoms with Gasteiger partial charge in [0, 0.05) is 31.7 Å². The molecule has 4 rings (SSSR count). The lowest BCUT2D eigenvalue weighted by atomic mass is 10.1. The predicted octanol–water partition coefficient (Wildman–Crippen LogP) is 4.71. The molecule has 0 radical (unpaired) electrons. The molecule has 1 aliphatic rings. The van der Waals surface area contributed by atoms with Crippen molar-refractivity contribution in [1.29, 1.82) is 0 Å². The molecule has 2 aromatic carbocycles. The largest absolute Gasteiger partial charge is 0.493 e. The first kappa shape index (κ1) is 20.8. The highest BCUT2D eigenvalue weighted by Crippen LogP contribution is 2.38. The van der Waals surface area contributed by atoms with E-state index < -0.39 is 0 Å². The normalized spacial score (nSPS) is 14.4. The first-order chi connectivity index (χ1) is 14.5. The van der Waals surface area contributed by atoms with Crippen LogP contribution in [0.5, 0.6) is 11.5 Å². The number of methoxy groups -OCH3 is 1. The van der Waals surface area contributed by atoms with E-state index in [1.807, 2.05) is 55.1 Å². The number of piperazine rings is 1. The summed E-state index contributed by atoms with van der Waals surface area (Å²) in [5.41, 5.74) is 1.46. The summed E-state index contributed by atoms with van der Waals surface area (Å²) in [6.45, 7) is 6.73. The van der Waals surface area contributed by atoms with E-state index >= 15 is 0 Å². The molecule has 0 spiro atoms. The summed E-state index contributed by atoms with van der Waals surface area (Å²) in [6, 6.07) is 11.2. The zero-order valence-electron chi connectivity index (χ0n) is 17.2. The van der Waals surface area contributed by atoms with Crippen molar-refractivity contribution >= 4 is 44.2 Å². The van der Waals surface area contributed by atoms with E-state index in [1.54, 1.807) is 18.4 Å². The number of rotatable bonds is 5. The smallest absolute Gasteiger partial charge is 0.253 e. The molecule has 2 heterocycles. The van der Waals surface area contributed by atoms with Gasteiger partial charge in [-0.3, -0.25) is 4.79 Å². The maximum atomic E-state index is 12.9. The summed E-state index contributed by atoms with van der Waals surface area (Å²) in [4.78, 5) is 21.7. The van der Waals surface area contributed by atoms with Crippen molar-refractivity contribution in [2.75, 3.05) is 38.2 Å². The van der Waals surface area contributed by atoms with Crippen molar-refractivity contribution < 1.29 is 14.3 Å². The van der Waals surface area contributed by atoms with Crippen LogP contribution in [-0.4, -0.2) is 55.2 Å². The predicted molar refractivity (Wildman–Crippen MR) is 122 cm³/mol. The average Bonchev–Trinajstić information content (AvgIpc) is 3.18. The number of nitrogens with zero attached hydrogens (tertiary/aromatic N) is 3. The fourth-order valence-electron chi connectivity index (χ4n) is 3.49. The lowest BCUT2D eigenvalue weighted by Gasteiger charge is -2.34. The molecule has 1 aromatic heterocycles. The van der Waals surface area contributed by atoms with E-state index in [4.69, 9.17) is 26.1 Å². The van der Waals surface area contributed by atoms with Crippen LogP contribution < -0.4 is 14.4 Å². The SMILES string of the molecule is COc1c(Cl)ccc2sc(N3CCN(C(=O)c4ccc(OC(C)C)cc4)CC3)nc12. The quantitative estimate of drug-likeness (QED) is 0.569. The maximum Gasteiger partial charge on any atom is 0.253 e. The standard InChI is InChI=1S/C22H24ClN3O3S/c1-14(2)29-16-6-4-15(5-7-16)21(27)25-10-12-26(13-11-25)22-24-19-18(30-22)9-8-17(23)20(19)28-3/h4-9,14H,10-13H2,1-3H3. The number of ether oxygens (including phenoxy) is 2. The Bertz CT molecular complexity index is 1040. The van der Waals surface area contributed by atoms with Crippen molar-refractivity contribution in [1.82, 2.24) is 9.88 Å². The van der Waals surface area contributed by atoms with Crippen LogP contribution in [0.1, 0.15) is 24.2 Å². The lowest BCUT2D eigenvalue weighted by molar-refractivity contribution is 0.0746. The average molecular weight is 446 g/mol. The highest BCUT2D eigenvalue weighted by Gasteiger charge is 2.24. The number of fused-ring (bicyclic) bond motifs is 1. The Labute approximate surface area is 185 Å². The van der Waals surface area contributed by atoms with Crippen LogP contribution >= 0.6 is 22.9 Å². The number of benzene rings is 2. The van der Waals surface area contributed by atoms with E-state index in [1.165, 1.54) is 0 Å². The van der Waals surface area contributed by atoms with Crippen LogP contribution in [0, 0.1) is 0 Å². The summed E-state index contributed by atoms with van der Waals surface area (Å²) in [5.74, 6) is 1.43. The molecule has 158 valence electrons. The number of halogens is 1. The summed E-state index contributed by atoms with van der Waals surface area (Å²) < 4.78 is 12.1. The first-order valence-corrected chi connectivity index (χ1v) is 11.1. The monoisotopic (exact) mass is 445 g/mol. The number of carbonyl (C=O) groups excluding carboxylic acids is 1. The van der Waals surface area contributed by atoms with Crippen LogP contribution in [0.2, 0.25) is 5.02 Å². The highest BCUT2D eigenvalue weighted by molar-refractivity contribution is 7.22. The molecule has 0 aliphatic carbocycles. The van der Waals surface area contributed by atoms with E-state index in [0.717, 1.165) is 34.2 Å². The van der Waals surface area contributed by atoms with Gasteiger partial charge in [-0.1, -0.05) is 22.9 Å². The van der Waals surface area contributed by atoms with Crippen LogP contribution in [-0.2, 0) is 0 Å². The second kappa shape index (κ2) is 8.70. The molecule has 0 atom stereocenters. The highest BCUT2D eigenvalue weighted by atomic mass is 35.5. The number of hydrogen-bond acceptors (Lipinski definition) is 6. The molecule has 1 fully saturated rings. The molecule has 0 saturated carbocycles. The second-order valence-electron chi connectivity index (χ2n) is 7.39. The third kappa shape index (κ3) is 4.18. The van der Waals surface area contributed by atoms with E-state index in [9.17, 15) is 4.79 Å². The van der Waals surface area contributed by atoms with Crippen molar-refractivity contribution in [3.05, 3.63) is 47.0 Å². The molecule has 6 nitrogen and oxygen atoms in total. The zero-order valence-corrected chi connectivity index (χ0v) is 18.8. The fourth-order valence-corrected chi connectivity index (χ4v) is 4.74. The van der Waals surface area contributed by atoms with E-state index in [-0.39, 0.29) is 12.0 Å². The number of thiazole rings is 1. The van der Waals surface area contributed by atoms with Crippen molar-refractivity contribution in [2.24, 2.45) is 0 Å². The molecule has 0 N–H and O–H groups in total. The van der Waals surface area contributed by atoms with Crippen molar-refractivity contribution in [3.63, 3.8) is 0 Å². The van der Waals surface area contributed by atoms with Crippen LogP contribution in [0.25, 0.3) is 10.2 Å². The molecule has 1 saturated heterocycles. The fraction of sp³-hybridized carbons (Fsp3) is 0.364. The van der Waals surface area contributed by atoms with Gasteiger partial charge in [0.05, 0.1) is 22.9 Å². The van der Waals surface area contributed by atoms with Crippen molar-refractivity contribution in [3.8, 4) is 11.5 Å². The minimum atomic E-state index is 0.0449.